The lowest BCUT2D eigenvalue weighted by Crippen LogP contribution is -2.36. The van der Waals surface area contributed by atoms with Crippen molar-refractivity contribution in [3.8, 4) is 0 Å². The van der Waals surface area contributed by atoms with E-state index in [0.717, 1.165) is 17.3 Å². The summed E-state index contributed by atoms with van der Waals surface area (Å²) in [6.07, 6.45) is 0. The van der Waals surface area contributed by atoms with Crippen LogP contribution in [-0.2, 0) is 7.05 Å². The lowest BCUT2D eigenvalue weighted by Gasteiger charge is -1.98. The molecule has 0 radical (unpaired) electrons. The Bertz CT molecular complexity index is 232. The number of hydrogen-bond donors (Lipinski definition) is 1. The number of hydrogen-bond acceptors (Lipinski definition) is 2. The first-order valence-electron chi connectivity index (χ1n) is 3.21. The lowest BCUT2D eigenvalue weighted by molar-refractivity contribution is -0.666. The summed E-state index contributed by atoms with van der Waals surface area (Å²) in [6.45, 7) is 3.87. The van der Waals surface area contributed by atoms with Gasteiger partial charge in [0.2, 0.25) is 11.6 Å². The molecule has 0 unspecified atom stereocenters. The minimum Gasteiger partial charge on any atom is -0.318 e. The summed E-state index contributed by atoms with van der Waals surface area (Å²) < 4.78 is 1.85. The van der Waals surface area contributed by atoms with Gasteiger partial charge in [-0.3, -0.25) is 0 Å². The van der Waals surface area contributed by atoms with E-state index in [2.05, 4.69) is 4.98 Å². The van der Waals surface area contributed by atoms with Crippen LogP contribution >= 0.6 is 0 Å². The molecule has 0 saturated heterocycles. The van der Waals surface area contributed by atoms with E-state index in [-0.39, 0.29) is 0 Å². The Hall–Kier alpha value is -1.12. The van der Waals surface area contributed by atoms with Gasteiger partial charge in [-0.25, -0.2) is 4.57 Å². The van der Waals surface area contributed by atoms with E-state index in [0.29, 0.717) is 0 Å². The van der Waals surface area contributed by atoms with Crippen molar-refractivity contribution in [2.24, 2.45) is 7.05 Å². The second-order valence-corrected chi connectivity index (χ2v) is 2.43. The molecule has 0 aliphatic heterocycles. The maximum Gasteiger partial charge on any atom is 0.235 e. The highest BCUT2D eigenvalue weighted by molar-refractivity contribution is 5.22. The average molecular weight is 138 g/mol. The molecule has 1 heterocycles. The molecule has 1 rings (SSSR count). The van der Waals surface area contributed by atoms with Gasteiger partial charge in [0.05, 0.1) is 7.05 Å². The Morgan fingerprint density at radius 3 is 2.60 bits per heavy atom. The van der Waals surface area contributed by atoms with Gasteiger partial charge in [-0.15, -0.1) is 4.98 Å². The van der Waals surface area contributed by atoms with Crippen molar-refractivity contribution in [3.05, 3.63) is 17.6 Å². The molecule has 0 aliphatic rings. The van der Waals surface area contributed by atoms with Crippen molar-refractivity contribution >= 4 is 5.82 Å². The van der Waals surface area contributed by atoms with Gasteiger partial charge in [-0.2, -0.15) is 0 Å². The molecule has 0 saturated carbocycles. The minimum absolute atomic E-state index is 0.755. The van der Waals surface area contributed by atoms with E-state index in [9.17, 15) is 0 Å². The number of nitrogens with two attached hydrogens (primary N) is 1. The molecule has 0 spiro atoms. The summed E-state index contributed by atoms with van der Waals surface area (Å²) in [5.74, 6) is 1.70. The standard InChI is InChI=1S/C7H11N3/c1-5-4-7(8)10(3)6(2)9-5/h4,8H,1-3H3/p+1. The molecule has 0 aliphatic carbocycles. The van der Waals surface area contributed by atoms with Crippen LogP contribution in [0.3, 0.4) is 0 Å². The van der Waals surface area contributed by atoms with Crippen LogP contribution in [0.5, 0.6) is 0 Å². The molecule has 1 aromatic heterocycles. The van der Waals surface area contributed by atoms with Crippen LogP contribution in [0.25, 0.3) is 0 Å². The normalized spacial score (nSPS) is 9.90. The van der Waals surface area contributed by atoms with Gasteiger partial charge in [0, 0.05) is 13.0 Å². The quantitative estimate of drug-likeness (QED) is 0.517. The van der Waals surface area contributed by atoms with E-state index in [1.165, 1.54) is 0 Å². The van der Waals surface area contributed by atoms with E-state index in [1.54, 1.807) is 0 Å². The zero-order valence-electron chi connectivity index (χ0n) is 6.55. The summed E-state index contributed by atoms with van der Waals surface area (Å²) in [4.78, 5) is 4.22. The number of nitrogens with zero attached hydrogens (tertiary/aromatic N) is 2. The van der Waals surface area contributed by atoms with Crippen LogP contribution in [0.1, 0.15) is 11.5 Å². The SMILES string of the molecule is Cc1cc(N)[n+](C)c(C)n1. The summed E-state index contributed by atoms with van der Waals surface area (Å²) in [5, 5.41) is 0. The van der Waals surface area contributed by atoms with Crippen molar-refractivity contribution in [2.45, 2.75) is 13.8 Å². The number of anilines is 1. The number of aryl methyl sites for hydroxylation is 2. The fraction of sp³-hybridized carbons (Fsp3) is 0.429. The van der Waals surface area contributed by atoms with Gasteiger partial charge in [-0.1, -0.05) is 0 Å². The van der Waals surface area contributed by atoms with Gasteiger partial charge in [0.25, 0.3) is 0 Å². The largest absolute Gasteiger partial charge is 0.318 e. The lowest BCUT2D eigenvalue weighted by atomic mass is 10.4. The monoisotopic (exact) mass is 138 g/mol. The Labute approximate surface area is 60.5 Å². The second-order valence-electron chi connectivity index (χ2n) is 2.43. The van der Waals surface area contributed by atoms with Crippen LogP contribution in [0.15, 0.2) is 6.07 Å². The Morgan fingerprint density at radius 1 is 1.50 bits per heavy atom. The zero-order valence-corrected chi connectivity index (χ0v) is 6.55. The van der Waals surface area contributed by atoms with E-state index >= 15 is 0 Å². The first-order valence-corrected chi connectivity index (χ1v) is 3.21. The van der Waals surface area contributed by atoms with Crippen molar-refractivity contribution < 1.29 is 4.57 Å². The fourth-order valence-electron chi connectivity index (χ4n) is 0.860. The summed E-state index contributed by atoms with van der Waals surface area (Å²) in [5.41, 5.74) is 6.61. The third-order valence-corrected chi connectivity index (χ3v) is 1.57. The smallest absolute Gasteiger partial charge is 0.235 e. The second kappa shape index (κ2) is 2.25. The first-order chi connectivity index (χ1) is 4.61. The third-order valence-electron chi connectivity index (χ3n) is 1.57. The van der Waals surface area contributed by atoms with Crippen LogP contribution in [0.2, 0.25) is 0 Å². The van der Waals surface area contributed by atoms with Crippen LogP contribution in [0, 0.1) is 13.8 Å². The molecule has 3 heteroatoms. The average Bonchev–Trinajstić information content (AvgIpc) is 1.82. The molecule has 1 aromatic rings. The molecule has 0 bridgehead atoms. The fourth-order valence-corrected chi connectivity index (χ4v) is 0.860. The Balaban J connectivity index is 3.31. The minimum atomic E-state index is 0.755. The van der Waals surface area contributed by atoms with Gasteiger partial charge in [0.1, 0.15) is 5.69 Å². The van der Waals surface area contributed by atoms with Crippen LogP contribution in [-0.4, -0.2) is 4.98 Å². The van der Waals surface area contributed by atoms with Crippen LogP contribution in [0.4, 0.5) is 5.82 Å². The predicted molar refractivity (Wildman–Crippen MR) is 39.3 cm³/mol. The maximum atomic E-state index is 5.64. The molecule has 0 aromatic carbocycles. The molecule has 3 nitrogen and oxygen atoms in total. The number of nitrogen functional groups attached to an aromatic ring is 1. The predicted octanol–water partition coefficient (Wildman–Crippen LogP) is 0.105. The molecule has 0 fully saturated rings. The molecule has 10 heavy (non-hydrogen) atoms. The molecular weight excluding hydrogens is 126 g/mol. The summed E-state index contributed by atoms with van der Waals surface area (Å²) in [6, 6.07) is 1.85. The van der Waals surface area contributed by atoms with E-state index < -0.39 is 0 Å². The van der Waals surface area contributed by atoms with Crippen molar-refractivity contribution in [1.82, 2.24) is 4.98 Å². The van der Waals surface area contributed by atoms with Crippen molar-refractivity contribution in [2.75, 3.05) is 5.73 Å². The molecule has 2 N–H and O–H groups in total. The maximum absolute atomic E-state index is 5.64. The molecular formula is C7H12N3+. The molecule has 0 amide bonds. The third kappa shape index (κ3) is 1.07. The highest BCUT2D eigenvalue weighted by Crippen LogP contribution is 1.96. The van der Waals surface area contributed by atoms with Crippen molar-refractivity contribution in [1.29, 1.82) is 0 Å². The van der Waals surface area contributed by atoms with E-state index in [4.69, 9.17) is 5.73 Å². The van der Waals surface area contributed by atoms with Gasteiger partial charge >= 0.3 is 0 Å². The summed E-state index contributed by atoms with van der Waals surface area (Å²) >= 11 is 0. The highest BCUT2D eigenvalue weighted by atomic mass is 15.1. The Morgan fingerprint density at radius 2 is 2.10 bits per heavy atom. The van der Waals surface area contributed by atoms with Crippen molar-refractivity contribution in [3.63, 3.8) is 0 Å². The first kappa shape index (κ1) is 6.99. The highest BCUT2D eigenvalue weighted by Gasteiger charge is 2.04. The van der Waals surface area contributed by atoms with Crippen LogP contribution < -0.4 is 10.3 Å². The van der Waals surface area contributed by atoms with Gasteiger partial charge in [-0.05, 0) is 6.92 Å². The van der Waals surface area contributed by atoms with Gasteiger partial charge in [0.15, 0.2) is 0 Å². The number of aromatic nitrogens is 2. The summed E-state index contributed by atoms with van der Waals surface area (Å²) in [7, 11) is 1.90. The number of rotatable bonds is 0. The van der Waals surface area contributed by atoms with Gasteiger partial charge < -0.3 is 5.73 Å². The topological polar surface area (TPSA) is 42.8 Å². The van der Waals surface area contributed by atoms with E-state index in [1.807, 2.05) is 31.5 Å². The Kier molecular flexibility index (Phi) is 1.57. The zero-order chi connectivity index (χ0) is 7.72. The molecule has 54 valence electrons. The molecule has 0 atom stereocenters.